The van der Waals surface area contributed by atoms with Crippen molar-refractivity contribution in [3.63, 3.8) is 0 Å². The van der Waals surface area contributed by atoms with E-state index in [-0.39, 0.29) is 5.69 Å². The molecule has 0 aliphatic rings. The molecule has 0 radical (unpaired) electrons. The van der Waals surface area contributed by atoms with Gasteiger partial charge in [0.2, 0.25) is 0 Å². The van der Waals surface area contributed by atoms with E-state index >= 15 is 0 Å². The first kappa shape index (κ1) is 11.8. The number of fused-ring (bicyclic) bond motifs is 1. The second-order valence-corrected chi connectivity index (χ2v) is 4.93. The summed E-state index contributed by atoms with van der Waals surface area (Å²) in [4.78, 5) is 19.0. The predicted molar refractivity (Wildman–Crippen MR) is 73.2 cm³/mol. The van der Waals surface area contributed by atoms with E-state index in [4.69, 9.17) is 5.73 Å². The fraction of sp³-hybridized carbons (Fsp3) is 0.182. The number of rotatable bonds is 3. The lowest BCUT2D eigenvalue weighted by atomic mass is 10.3. The molecular weight excluding hydrogens is 264 g/mol. The van der Waals surface area contributed by atoms with Crippen molar-refractivity contribution in [1.82, 2.24) is 24.7 Å². The number of hydrogen-bond acceptors (Lipinski definition) is 5. The molecule has 0 bridgehead atoms. The summed E-state index contributed by atoms with van der Waals surface area (Å²) in [6, 6.07) is 5.47. The van der Waals surface area contributed by atoms with Crippen molar-refractivity contribution in [1.29, 1.82) is 0 Å². The Bertz CT molecular complexity index is 786. The first-order valence-corrected chi connectivity index (χ1v) is 6.57. The number of aromatic nitrogens is 5. The van der Waals surface area contributed by atoms with Gasteiger partial charge in [-0.3, -0.25) is 4.57 Å². The van der Waals surface area contributed by atoms with Crippen molar-refractivity contribution in [3.05, 3.63) is 28.7 Å². The number of nitrogen functional groups attached to an aromatic ring is 1. The maximum absolute atomic E-state index is 11.5. The molecule has 4 N–H and O–H groups in total. The monoisotopic (exact) mass is 276 g/mol. The topological polar surface area (TPSA) is 105 Å². The summed E-state index contributed by atoms with van der Waals surface area (Å²) >= 11 is 1.30. The Labute approximate surface area is 112 Å². The lowest BCUT2D eigenvalue weighted by Crippen LogP contribution is -2.16. The number of nitrogens with one attached hydrogen (secondary N) is 2. The minimum Gasteiger partial charge on any atom is -0.399 e. The molecule has 7 nitrogen and oxygen atoms in total. The predicted octanol–water partition coefficient (Wildman–Crippen LogP) is 1.20. The molecule has 2 heterocycles. The maximum atomic E-state index is 11.5. The molecule has 0 spiro atoms. The zero-order valence-electron chi connectivity index (χ0n) is 10.2. The highest BCUT2D eigenvalue weighted by Crippen LogP contribution is 2.25. The third kappa shape index (κ3) is 2.10. The minimum atomic E-state index is -0.217. The van der Waals surface area contributed by atoms with Gasteiger partial charge >= 0.3 is 5.69 Å². The molecule has 3 rings (SSSR count). The average Bonchev–Trinajstić information content (AvgIpc) is 2.92. The minimum absolute atomic E-state index is 0.217. The normalized spacial score (nSPS) is 11.2. The van der Waals surface area contributed by atoms with Crippen LogP contribution in [0.4, 0.5) is 5.69 Å². The highest BCUT2D eigenvalue weighted by molar-refractivity contribution is 7.99. The van der Waals surface area contributed by atoms with Crippen molar-refractivity contribution in [2.75, 3.05) is 5.73 Å². The van der Waals surface area contributed by atoms with Crippen molar-refractivity contribution in [3.8, 4) is 0 Å². The van der Waals surface area contributed by atoms with Gasteiger partial charge in [0, 0.05) is 12.2 Å². The standard InChI is InChI=1S/C11H12N6OS/c1-2-17-10(18)15-16-11(17)19-9-13-7-4-3-6(12)5-8(7)14-9/h3-5H,2,12H2,1H3,(H,13,14)(H,15,18). The third-order valence-electron chi connectivity index (χ3n) is 2.71. The summed E-state index contributed by atoms with van der Waals surface area (Å²) in [6.07, 6.45) is 0. The number of anilines is 1. The highest BCUT2D eigenvalue weighted by Gasteiger charge is 2.11. The first-order chi connectivity index (χ1) is 9.17. The zero-order valence-corrected chi connectivity index (χ0v) is 11.0. The van der Waals surface area contributed by atoms with Crippen LogP contribution in [0.3, 0.4) is 0 Å². The molecular formula is C11H12N6OS. The zero-order chi connectivity index (χ0) is 13.4. The van der Waals surface area contributed by atoms with E-state index < -0.39 is 0 Å². The molecule has 3 aromatic rings. The maximum Gasteiger partial charge on any atom is 0.343 e. The Kier molecular flexibility index (Phi) is 2.79. The first-order valence-electron chi connectivity index (χ1n) is 5.75. The number of H-pyrrole nitrogens is 2. The fourth-order valence-corrected chi connectivity index (χ4v) is 2.69. The van der Waals surface area contributed by atoms with Crippen LogP contribution < -0.4 is 11.4 Å². The number of nitrogens with zero attached hydrogens (tertiary/aromatic N) is 3. The molecule has 98 valence electrons. The van der Waals surface area contributed by atoms with E-state index in [1.165, 1.54) is 11.8 Å². The van der Waals surface area contributed by atoms with Crippen LogP contribution in [0.5, 0.6) is 0 Å². The van der Waals surface area contributed by atoms with Crippen molar-refractivity contribution in [2.24, 2.45) is 0 Å². The van der Waals surface area contributed by atoms with E-state index in [1.807, 2.05) is 19.1 Å². The highest BCUT2D eigenvalue weighted by atomic mass is 32.2. The summed E-state index contributed by atoms with van der Waals surface area (Å²) in [5.41, 5.74) is 7.87. The van der Waals surface area contributed by atoms with Crippen LogP contribution in [-0.2, 0) is 6.54 Å². The van der Waals surface area contributed by atoms with Gasteiger partial charge in [0.1, 0.15) is 0 Å². The fourth-order valence-electron chi connectivity index (χ4n) is 1.80. The Morgan fingerprint density at radius 3 is 3.11 bits per heavy atom. The summed E-state index contributed by atoms with van der Waals surface area (Å²) < 4.78 is 1.55. The summed E-state index contributed by atoms with van der Waals surface area (Å²) in [5.74, 6) is 0. The van der Waals surface area contributed by atoms with Crippen LogP contribution >= 0.6 is 11.8 Å². The molecule has 0 aliphatic heterocycles. The Morgan fingerprint density at radius 2 is 2.32 bits per heavy atom. The molecule has 2 aromatic heterocycles. The molecule has 0 saturated carbocycles. The third-order valence-corrected chi connectivity index (χ3v) is 3.59. The van der Waals surface area contributed by atoms with Gasteiger partial charge in [0.15, 0.2) is 10.3 Å². The van der Waals surface area contributed by atoms with Crippen LogP contribution in [0, 0.1) is 0 Å². The van der Waals surface area contributed by atoms with Crippen LogP contribution in [0.25, 0.3) is 11.0 Å². The van der Waals surface area contributed by atoms with Crippen LogP contribution in [-0.4, -0.2) is 24.7 Å². The number of benzene rings is 1. The summed E-state index contributed by atoms with van der Waals surface area (Å²) in [7, 11) is 0. The van der Waals surface area contributed by atoms with Crippen molar-refractivity contribution in [2.45, 2.75) is 23.8 Å². The Hall–Kier alpha value is -2.22. The van der Waals surface area contributed by atoms with Crippen molar-refractivity contribution < 1.29 is 0 Å². The lowest BCUT2D eigenvalue weighted by molar-refractivity contribution is 0.659. The van der Waals surface area contributed by atoms with Crippen molar-refractivity contribution >= 4 is 28.5 Å². The van der Waals surface area contributed by atoms with Crippen LogP contribution in [0.2, 0.25) is 0 Å². The molecule has 0 amide bonds. The van der Waals surface area contributed by atoms with E-state index in [2.05, 4.69) is 20.2 Å². The number of imidazole rings is 1. The summed E-state index contributed by atoms with van der Waals surface area (Å²) in [6.45, 7) is 2.45. The second-order valence-electron chi connectivity index (χ2n) is 3.98. The van der Waals surface area contributed by atoms with Gasteiger partial charge in [0.25, 0.3) is 0 Å². The molecule has 0 aliphatic carbocycles. The number of hydrogen-bond donors (Lipinski definition) is 3. The van der Waals surface area contributed by atoms with Gasteiger partial charge in [-0.2, -0.15) is 0 Å². The quantitative estimate of drug-likeness (QED) is 0.623. The second kappa shape index (κ2) is 4.47. The SMILES string of the molecule is CCn1c(Sc2nc3ccc(N)cc3[nH]2)n[nH]c1=O. The van der Waals surface area contributed by atoms with Gasteiger partial charge in [-0.1, -0.05) is 0 Å². The van der Waals surface area contributed by atoms with E-state index in [1.54, 1.807) is 10.6 Å². The molecule has 0 fully saturated rings. The van der Waals surface area contributed by atoms with E-state index in [9.17, 15) is 4.79 Å². The van der Waals surface area contributed by atoms with Gasteiger partial charge in [-0.05, 0) is 36.9 Å². The molecule has 8 heteroatoms. The van der Waals surface area contributed by atoms with Crippen LogP contribution in [0.1, 0.15) is 6.92 Å². The Morgan fingerprint density at radius 1 is 1.47 bits per heavy atom. The average molecular weight is 276 g/mol. The molecule has 0 atom stereocenters. The Balaban J connectivity index is 1.98. The molecule has 19 heavy (non-hydrogen) atoms. The smallest absolute Gasteiger partial charge is 0.343 e. The van der Waals surface area contributed by atoms with E-state index in [0.717, 1.165) is 11.0 Å². The van der Waals surface area contributed by atoms with Gasteiger partial charge in [0.05, 0.1) is 11.0 Å². The largest absolute Gasteiger partial charge is 0.399 e. The number of aromatic amines is 2. The molecule has 0 unspecified atom stereocenters. The summed E-state index contributed by atoms with van der Waals surface area (Å²) in [5, 5.41) is 7.66. The van der Waals surface area contributed by atoms with Gasteiger partial charge in [-0.25, -0.2) is 14.9 Å². The lowest BCUT2D eigenvalue weighted by Gasteiger charge is -1.98. The van der Waals surface area contributed by atoms with Gasteiger partial charge in [-0.15, -0.1) is 5.10 Å². The molecule has 0 saturated heterocycles. The number of nitrogens with two attached hydrogens (primary N) is 1. The van der Waals surface area contributed by atoms with E-state index in [0.29, 0.717) is 22.5 Å². The molecule has 1 aromatic carbocycles. The van der Waals surface area contributed by atoms with Crippen LogP contribution in [0.15, 0.2) is 33.3 Å². The van der Waals surface area contributed by atoms with Gasteiger partial charge < -0.3 is 10.7 Å².